The molecule has 0 aliphatic carbocycles. The number of alkyl halides is 3. The number of ether oxygens (including phenoxy) is 3. The van der Waals surface area contributed by atoms with E-state index in [1.165, 1.54) is 27.4 Å². The summed E-state index contributed by atoms with van der Waals surface area (Å²) >= 11 is 0.623. The number of halogens is 3. The van der Waals surface area contributed by atoms with E-state index in [0.717, 1.165) is 0 Å². The van der Waals surface area contributed by atoms with Crippen molar-refractivity contribution in [2.75, 3.05) is 32.4 Å². The van der Waals surface area contributed by atoms with Crippen molar-refractivity contribution < 1.29 is 32.2 Å². The molecule has 2 aromatic carbocycles. The van der Waals surface area contributed by atoms with Gasteiger partial charge in [-0.05, 0) is 29.8 Å². The van der Waals surface area contributed by atoms with E-state index in [1.807, 2.05) is 0 Å². The van der Waals surface area contributed by atoms with Crippen LogP contribution in [0.3, 0.4) is 0 Å². The summed E-state index contributed by atoms with van der Waals surface area (Å²) in [6.45, 7) is 0. The first-order valence-corrected chi connectivity index (χ1v) is 9.13. The molecule has 1 amide bonds. The Morgan fingerprint density at radius 1 is 1.04 bits per heavy atom. The van der Waals surface area contributed by atoms with Gasteiger partial charge in [0, 0.05) is 4.90 Å². The van der Waals surface area contributed by atoms with E-state index in [9.17, 15) is 18.0 Å². The molecule has 0 unspecified atom stereocenters. The van der Waals surface area contributed by atoms with Gasteiger partial charge in [-0.1, -0.05) is 12.1 Å². The Hall–Kier alpha value is -2.55. The van der Waals surface area contributed by atoms with E-state index < -0.39 is 11.9 Å². The average Bonchev–Trinajstić information content (AvgIpc) is 2.65. The van der Waals surface area contributed by atoms with Gasteiger partial charge in [-0.15, -0.1) is 11.8 Å². The van der Waals surface area contributed by atoms with Gasteiger partial charge in [0.2, 0.25) is 11.7 Å². The Bertz CT molecular complexity index is 802. The third-order valence-electron chi connectivity index (χ3n) is 3.64. The quantitative estimate of drug-likeness (QED) is 0.641. The van der Waals surface area contributed by atoms with E-state index in [-0.39, 0.29) is 12.3 Å². The zero-order valence-corrected chi connectivity index (χ0v) is 16.4. The lowest BCUT2D eigenvalue weighted by molar-refractivity contribution is -0.115. The number of thioether (sulfide) groups is 1. The average molecular weight is 415 g/mol. The van der Waals surface area contributed by atoms with Crippen LogP contribution in [0.4, 0.5) is 18.9 Å². The molecule has 0 spiro atoms. The zero-order valence-electron chi connectivity index (χ0n) is 15.6. The molecule has 0 aliphatic heterocycles. The molecule has 0 fully saturated rings. The monoisotopic (exact) mass is 415 g/mol. The van der Waals surface area contributed by atoms with Gasteiger partial charge in [-0.2, -0.15) is 13.2 Å². The van der Waals surface area contributed by atoms with Gasteiger partial charge in [0.1, 0.15) is 0 Å². The summed E-state index contributed by atoms with van der Waals surface area (Å²) in [5.41, 5.74) is 0.932. The first kappa shape index (κ1) is 21.7. The molecule has 0 aliphatic rings. The van der Waals surface area contributed by atoms with Crippen LogP contribution in [0, 0.1) is 0 Å². The molecule has 9 heteroatoms. The normalized spacial score (nSPS) is 11.1. The molecule has 0 aromatic heterocycles. The fraction of sp³-hybridized carbons (Fsp3) is 0.316. The maximum absolute atomic E-state index is 12.5. The summed E-state index contributed by atoms with van der Waals surface area (Å²) in [4.78, 5) is 12.8. The van der Waals surface area contributed by atoms with Gasteiger partial charge in [0.25, 0.3) is 0 Å². The minimum Gasteiger partial charge on any atom is -0.493 e. The first-order valence-electron chi connectivity index (χ1n) is 8.14. The molecule has 1 N–H and O–H groups in total. The molecule has 152 valence electrons. The Labute approximate surface area is 165 Å². The van der Waals surface area contributed by atoms with Gasteiger partial charge < -0.3 is 19.5 Å². The number of carbonyl (C=O) groups excluding carboxylic acids is 1. The Morgan fingerprint density at radius 3 is 2.18 bits per heavy atom. The number of amides is 1. The highest BCUT2D eigenvalue weighted by molar-refractivity contribution is 7.99. The molecule has 0 heterocycles. The lowest BCUT2D eigenvalue weighted by atomic mass is 10.1. The molecular formula is C19H20F3NO4S. The van der Waals surface area contributed by atoms with E-state index in [2.05, 4.69) is 5.32 Å². The lowest BCUT2D eigenvalue weighted by Crippen LogP contribution is -2.16. The highest BCUT2D eigenvalue weighted by Gasteiger charge is 2.27. The van der Waals surface area contributed by atoms with E-state index in [1.54, 1.807) is 30.3 Å². The van der Waals surface area contributed by atoms with Crippen molar-refractivity contribution in [3.05, 3.63) is 42.0 Å². The van der Waals surface area contributed by atoms with Crippen LogP contribution in [0.1, 0.15) is 5.56 Å². The van der Waals surface area contributed by atoms with Crippen molar-refractivity contribution in [2.24, 2.45) is 0 Å². The van der Waals surface area contributed by atoms with Gasteiger partial charge in [0.15, 0.2) is 11.5 Å². The van der Waals surface area contributed by atoms with Crippen LogP contribution >= 0.6 is 11.8 Å². The third kappa shape index (κ3) is 5.98. The summed E-state index contributed by atoms with van der Waals surface area (Å²) < 4.78 is 53.2. The molecule has 0 atom stereocenters. The minimum atomic E-state index is -4.29. The SMILES string of the molecule is COc1cc(CC(=O)Nc2ccccc2SCC(F)(F)F)cc(OC)c1OC. The number of hydrogen-bond acceptors (Lipinski definition) is 5. The van der Waals surface area contributed by atoms with Crippen LogP contribution in [-0.2, 0) is 11.2 Å². The molecule has 2 rings (SSSR count). The van der Waals surface area contributed by atoms with Crippen molar-refractivity contribution in [3.8, 4) is 17.2 Å². The fourth-order valence-electron chi connectivity index (χ4n) is 2.47. The minimum absolute atomic E-state index is 0.0189. The second-order valence-corrected chi connectivity index (χ2v) is 6.68. The second kappa shape index (κ2) is 9.59. The summed E-state index contributed by atoms with van der Waals surface area (Å²) in [5, 5.41) is 2.66. The molecule has 0 saturated heterocycles. The number of nitrogens with one attached hydrogen (secondary N) is 1. The fourth-order valence-corrected chi connectivity index (χ4v) is 3.24. The molecule has 0 saturated carbocycles. The number of hydrogen-bond donors (Lipinski definition) is 1. The number of carbonyl (C=O) groups is 1. The second-order valence-electron chi connectivity index (χ2n) is 5.66. The van der Waals surface area contributed by atoms with Crippen molar-refractivity contribution in [3.63, 3.8) is 0 Å². The van der Waals surface area contributed by atoms with Crippen LogP contribution in [0.2, 0.25) is 0 Å². The highest BCUT2D eigenvalue weighted by atomic mass is 32.2. The van der Waals surface area contributed by atoms with E-state index >= 15 is 0 Å². The van der Waals surface area contributed by atoms with Crippen LogP contribution in [0.25, 0.3) is 0 Å². The first-order chi connectivity index (χ1) is 13.3. The van der Waals surface area contributed by atoms with Gasteiger partial charge >= 0.3 is 6.18 Å². The molecule has 0 bridgehead atoms. The van der Waals surface area contributed by atoms with E-state index in [0.29, 0.717) is 45.2 Å². The van der Waals surface area contributed by atoms with Gasteiger partial charge in [0.05, 0.1) is 39.2 Å². The maximum Gasteiger partial charge on any atom is 0.398 e. The largest absolute Gasteiger partial charge is 0.493 e. The lowest BCUT2D eigenvalue weighted by Gasteiger charge is -2.15. The number of rotatable bonds is 8. The Balaban J connectivity index is 2.15. The van der Waals surface area contributed by atoms with Crippen LogP contribution in [-0.4, -0.2) is 39.2 Å². The molecule has 28 heavy (non-hydrogen) atoms. The topological polar surface area (TPSA) is 56.8 Å². The summed E-state index contributed by atoms with van der Waals surface area (Å²) in [7, 11) is 4.41. The molecule has 0 radical (unpaired) electrons. The van der Waals surface area contributed by atoms with Crippen molar-refractivity contribution in [1.82, 2.24) is 0 Å². The van der Waals surface area contributed by atoms with E-state index in [4.69, 9.17) is 14.2 Å². The van der Waals surface area contributed by atoms with Crippen LogP contribution in [0.5, 0.6) is 17.2 Å². The van der Waals surface area contributed by atoms with Crippen molar-refractivity contribution >= 4 is 23.4 Å². The third-order valence-corrected chi connectivity index (χ3v) is 4.78. The number of benzene rings is 2. The smallest absolute Gasteiger partial charge is 0.398 e. The summed E-state index contributed by atoms with van der Waals surface area (Å²) in [5.74, 6) is -0.193. The standard InChI is InChI=1S/C19H20F3NO4S/c1-25-14-8-12(9-15(26-2)18(14)27-3)10-17(24)23-13-6-4-5-7-16(13)28-11-19(20,21)22/h4-9H,10-11H2,1-3H3,(H,23,24). The van der Waals surface area contributed by atoms with Crippen molar-refractivity contribution in [1.29, 1.82) is 0 Å². The number of anilines is 1. The molecule has 5 nitrogen and oxygen atoms in total. The summed E-state index contributed by atoms with van der Waals surface area (Å²) in [6.07, 6.45) is -4.31. The van der Waals surface area contributed by atoms with Gasteiger partial charge in [-0.3, -0.25) is 4.79 Å². The number of methoxy groups -OCH3 is 3. The maximum atomic E-state index is 12.5. The predicted molar refractivity (Wildman–Crippen MR) is 102 cm³/mol. The van der Waals surface area contributed by atoms with Gasteiger partial charge in [-0.25, -0.2) is 0 Å². The van der Waals surface area contributed by atoms with Crippen LogP contribution in [0.15, 0.2) is 41.3 Å². The molecular weight excluding hydrogens is 395 g/mol. The predicted octanol–water partition coefficient (Wildman–Crippen LogP) is 4.55. The number of para-hydroxylation sites is 1. The highest BCUT2D eigenvalue weighted by Crippen LogP contribution is 2.38. The molecule has 2 aromatic rings. The Morgan fingerprint density at radius 2 is 1.64 bits per heavy atom. The summed E-state index contributed by atoms with van der Waals surface area (Å²) in [6, 6.07) is 9.65. The zero-order chi connectivity index (χ0) is 20.7. The Kier molecular flexibility index (Phi) is 7.45. The van der Waals surface area contributed by atoms with Crippen LogP contribution < -0.4 is 19.5 Å². The van der Waals surface area contributed by atoms with Crippen molar-refractivity contribution in [2.45, 2.75) is 17.5 Å².